The Morgan fingerprint density at radius 2 is 1.96 bits per heavy atom. The molecule has 1 amide bonds. The first kappa shape index (κ1) is 20.1. The van der Waals surface area contributed by atoms with E-state index in [0.29, 0.717) is 0 Å². The lowest BCUT2D eigenvalue weighted by Crippen LogP contribution is -2.51. The number of nitro groups is 1. The fraction of sp³-hybridized carbons (Fsp3) is 0.467. The zero-order chi connectivity index (χ0) is 19.4. The van der Waals surface area contributed by atoms with Crippen LogP contribution in [0.1, 0.15) is 27.7 Å². The van der Waals surface area contributed by atoms with Gasteiger partial charge >= 0.3 is 17.7 Å². The number of nitrogens with one attached hydrogen (secondary N) is 1. The Morgan fingerprint density at radius 1 is 1.36 bits per heavy atom. The van der Waals surface area contributed by atoms with Crippen LogP contribution >= 0.6 is 0 Å². The van der Waals surface area contributed by atoms with Crippen LogP contribution in [-0.2, 0) is 9.53 Å². The van der Waals surface area contributed by atoms with Crippen LogP contribution < -0.4 is 10.1 Å². The number of carboxylic acid groups (broad SMARTS) is 1. The van der Waals surface area contributed by atoms with Crippen molar-refractivity contribution in [3.05, 3.63) is 34.1 Å². The van der Waals surface area contributed by atoms with Crippen LogP contribution in [-0.4, -0.2) is 39.8 Å². The second-order valence-corrected chi connectivity index (χ2v) is 6.13. The van der Waals surface area contributed by atoms with Gasteiger partial charge in [-0.3, -0.25) is 10.1 Å². The standard InChI is InChI=1S/C15H19FN2O7/c1-8(11(13(19)20)17-14(21)25-15(2,3)4)24-10-7-5-6-9(16)12(10)18(22)23/h5-8,11H,1-4H3,(H,17,21)(H,19,20). The molecule has 0 spiro atoms. The maximum atomic E-state index is 13.6. The van der Waals surface area contributed by atoms with E-state index in [1.54, 1.807) is 20.8 Å². The van der Waals surface area contributed by atoms with Gasteiger partial charge in [-0.15, -0.1) is 0 Å². The lowest BCUT2D eigenvalue weighted by molar-refractivity contribution is -0.388. The number of carbonyl (C=O) groups is 2. The maximum Gasteiger partial charge on any atom is 0.408 e. The van der Waals surface area contributed by atoms with Crippen molar-refractivity contribution in [2.75, 3.05) is 0 Å². The molecule has 0 saturated heterocycles. The molecule has 9 nitrogen and oxygen atoms in total. The van der Waals surface area contributed by atoms with Crippen LogP contribution in [0, 0.1) is 15.9 Å². The zero-order valence-corrected chi connectivity index (χ0v) is 14.1. The number of hydrogen-bond acceptors (Lipinski definition) is 6. The van der Waals surface area contributed by atoms with Crippen LogP contribution in [0.5, 0.6) is 5.75 Å². The zero-order valence-electron chi connectivity index (χ0n) is 14.1. The number of carbonyl (C=O) groups excluding carboxylic acids is 1. The molecule has 0 aliphatic carbocycles. The van der Waals surface area contributed by atoms with Crippen LogP contribution in [0.3, 0.4) is 0 Å². The van der Waals surface area contributed by atoms with E-state index in [1.807, 2.05) is 0 Å². The predicted molar refractivity (Wildman–Crippen MR) is 83.9 cm³/mol. The van der Waals surface area contributed by atoms with Gasteiger partial charge in [-0.1, -0.05) is 6.07 Å². The minimum absolute atomic E-state index is 0.449. The number of aliphatic carboxylic acids is 1. The van der Waals surface area contributed by atoms with Gasteiger partial charge in [0.05, 0.1) is 4.92 Å². The Bertz CT molecular complexity index is 672. The molecule has 1 aromatic rings. The number of amides is 1. The Kier molecular flexibility index (Phi) is 6.26. The molecule has 2 N–H and O–H groups in total. The molecule has 0 radical (unpaired) electrons. The van der Waals surface area contributed by atoms with Crippen LogP contribution in [0.4, 0.5) is 14.9 Å². The smallest absolute Gasteiger partial charge is 0.408 e. The lowest BCUT2D eigenvalue weighted by Gasteiger charge is -2.25. The molecule has 1 aromatic carbocycles. The van der Waals surface area contributed by atoms with E-state index in [4.69, 9.17) is 9.47 Å². The van der Waals surface area contributed by atoms with Gasteiger partial charge in [0.15, 0.2) is 6.04 Å². The fourth-order valence-electron chi connectivity index (χ4n) is 1.85. The van der Waals surface area contributed by atoms with Gasteiger partial charge in [0.2, 0.25) is 11.6 Å². The van der Waals surface area contributed by atoms with Crippen molar-refractivity contribution in [2.24, 2.45) is 0 Å². The molecule has 2 unspecified atom stereocenters. The summed E-state index contributed by atoms with van der Waals surface area (Å²) < 4.78 is 23.8. The summed E-state index contributed by atoms with van der Waals surface area (Å²) in [5.74, 6) is -3.02. The molecular weight excluding hydrogens is 339 g/mol. The number of carboxylic acids is 1. The third-order valence-corrected chi connectivity index (χ3v) is 2.85. The number of nitrogens with zero attached hydrogens (tertiary/aromatic N) is 1. The van der Waals surface area contributed by atoms with Gasteiger partial charge in [-0.25, -0.2) is 9.59 Å². The van der Waals surface area contributed by atoms with Gasteiger partial charge in [-0.05, 0) is 39.8 Å². The molecule has 25 heavy (non-hydrogen) atoms. The van der Waals surface area contributed by atoms with E-state index in [1.165, 1.54) is 13.0 Å². The number of rotatable bonds is 6. The third-order valence-electron chi connectivity index (χ3n) is 2.85. The summed E-state index contributed by atoms with van der Waals surface area (Å²) in [5.41, 5.74) is -1.77. The molecule has 0 heterocycles. The third kappa shape index (κ3) is 5.90. The summed E-state index contributed by atoms with van der Waals surface area (Å²) in [6.07, 6.45) is -2.24. The molecule has 10 heteroatoms. The number of hydrogen-bond donors (Lipinski definition) is 2. The predicted octanol–water partition coefficient (Wildman–Crippen LogP) is 2.48. The first-order chi connectivity index (χ1) is 11.4. The number of para-hydroxylation sites is 1. The molecule has 0 bridgehead atoms. The maximum absolute atomic E-state index is 13.6. The Labute approximate surface area is 142 Å². The Balaban J connectivity index is 2.97. The first-order valence-corrected chi connectivity index (χ1v) is 7.24. The second kappa shape index (κ2) is 7.77. The molecule has 0 aliphatic heterocycles. The summed E-state index contributed by atoms with van der Waals surface area (Å²) in [6.45, 7) is 6.06. The molecule has 2 atom stereocenters. The normalized spacial score (nSPS) is 13.5. The number of nitro benzene ring substituents is 1. The molecule has 1 rings (SSSR count). The SMILES string of the molecule is CC(Oc1cccc(F)c1[N+](=O)[O-])C(NC(=O)OC(C)(C)C)C(=O)O. The Hall–Kier alpha value is -2.91. The van der Waals surface area contributed by atoms with Crippen molar-refractivity contribution in [3.63, 3.8) is 0 Å². The van der Waals surface area contributed by atoms with Gasteiger partial charge < -0.3 is 19.9 Å². The summed E-state index contributed by atoms with van der Waals surface area (Å²) in [7, 11) is 0. The largest absolute Gasteiger partial charge is 0.481 e. The van der Waals surface area contributed by atoms with Crippen molar-refractivity contribution < 1.29 is 33.5 Å². The van der Waals surface area contributed by atoms with E-state index in [2.05, 4.69) is 5.32 Å². The van der Waals surface area contributed by atoms with Crippen molar-refractivity contribution in [3.8, 4) is 5.75 Å². The highest BCUT2D eigenvalue weighted by molar-refractivity contribution is 5.80. The van der Waals surface area contributed by atoms with Gasteiger partial charge in [-0.2, -0.15) is 4.39 Å². The summed E-state index contributed by atoms with van der Waals surface area (Å²) in [4.78, 5) is 33.1. The molecule has 0 saturated carbocycles. The molecule has 138 valence electrons. The molecular formula is C15H19FN2O7. The van der Waals surface area contributed by atoms with E-state index >= 15 is 0 Å². The summed E-state index contributed by atoms with van der Waals surface area (Å²) in [6, 6.07) is 1.62. The van der Waals surface area contributed by atoms with E-state index in [-0.39, 0.29) is 0 Å². The molecule has 0 aromatic heterocycles. The van der Waals surface area contributed by atoms with E-state index < -0.39 is 52.0 Å². The molecule has 0 aliphatic rings. The average Bonchev–Trinajstić information content (AvgIpc) is 2.42. The topological polar surface area (TPSA) is 128 Å². The fourth-order valence-corrected chi connectivity index (χ4v) is 1.85. The highest BCUT2D eigenvalue weighted by Gasteiger charge is 2.32. The van der Waals surface area contributed by atoms with Gasteiger partial charge in [0.1, 0.15) is 11.7 Å². The average molecular weight is 358 g/mol. The van der Waals surface area contributed by atoms with Crippen molar-refractivity contribution in [1.82, 2.24) is 5.32 Å². The van der Waals surface area contributed by atoms with Crippen molar-refractivity contribution >= 4 is 17.7 Å². The highest BCUT2D eigenvalue weighted by atomic mass is 19.1. The van der Waals surface area contributed by atoms with Gasteiger partial charge in [0, 0.05) is 0 Å². The van der Waals surface area contributed by atoms with E-state index in [0.717, 1.165) is 12.1 Å². The first-order valence-electron chi connectivity index (χ1n) is 7.24. The highest BCUT2D eigenvalue weighted by Crippen LogP contribution is 2.30. The number of alkyl carbamates (subject to hydrolysis) is 1. The number of halogens is 1. The summed E-state index contributed by atoms with van der Waals surface area (Å²) in [5, 5.41) is 22.3. The second-order valence-electron chi connectivity index (χ2n) is 6.13. The minimum Gasteiger partial charge on any atom is -0.481 e. The molecule has 0 fully saturated rings. The number of benzene rings is 1. The number of ether oxygens (including phenoxy) is 2. The quantitative estimate of drug-likeness (QED) is 0.590. The van der Waals surface area contributed by atoms with Crippen molar-refractivity contribution in [1.29, 1.82) is 0 Å². The lowest BCUT2D eigenvalue weighted by atomic mass is 10.1. The van der Waals surface area contributed by atoms with Crippen molar-refractivity contribution in [2.45, 2.75) is 45.4 Å². The van der Waals surface area contributed by atoms with E-state index in [9.17, 15) is 29.2 Å². The monoisotopic (exact) mass is 358 g/mol. The Morgan fingerprint density at radius 3 is 2.44 bits per heavy atom. The minimum atomic E-state index is -1.57. The van der Waals surface area contributed by atoms with Crippen LogP contribution in [0.25, 0.3) is 0 Å². The van der Waals surface area contributed by atoms with Crippen LogP contribution in [0.15, 0.2) is 18.2 Å². The van der Waals surface area contributed by atoms with Crippen LogP contribution in [0.2, 0.25) is 0 Å². The van der Waals surface area contributed by atoms with Gasteiger partial charge in [0.25, 0.3) is 0 Å². The summed E-state index contributed by atoms with van der Waals surface area (Å²) >= 11 is 0.